The Labute approximate surface area is 106 Å². The number of aromatic hydroxyl groups is 1. The quantitative estimate of drug-likeness (QED) is 0.498. The Morgan fingerprint density at radius 1 is 0.875 bits per heavy atom. The predicted octanol–water partition coefficient (Wildman–Crippen LogP) is 3.09. The molecule has 0 saturated carbocycles. The maximum absolute atomic E-state index is 9.67. The van der Waals surface area contributed by atoms with Gasteiger partial charge in [-0.05, 0) is 18.2 Å². The van der Waals surface area contributed by atoms with Crippen LogP contribution in [0, 0.1) is 0 Å². The van der Waals surface area contributed by atoms with Gasteiger partial charge in [0.2, 0.25) is 0 Å². The molecule has 0 spiro atoms. The van der Waals surface area contributed by atoms with Crippen LogP contribution in [0.25, 0.3) is 21.8 Å². The summed E-state index contributed by atoms with van der Waals surface area (Å²) in [6, 6.07) is 15.4. The summed E-state index contributed by atoms with van der Waals surface area (Å²) in [5, 5.41) is 11.7. The van der Waals surface area contributed by atoms with Crippen LogP contribution in [0.1, 0.15) is 0 Å². The summed E-state index contributed by atoms with van der Waals surface area (Å²) in [5.41, 5.74) is 1.57. The van der Waals surface area contributed by atoms with Crippen LogP contribution in [-0.2, 0) is 19.5 Å². The van der Waals surface area contributed by atoms with E-state index < -0.39 is 0 Å². The second-order valence-corrected chi connectivity index (χ2v) is 3.53. The zero-order chi connectivity index (χ0) is 10.3. The van der Waals surface area contributed by atoms with Gasteiger partial charge in [0.1, 0.15) is 11.3 Å². The third-order valence-electron chi connectivity index (χ3n) is 2.53. The molecule has 2 aromatic carbocycles. The first-order chi connectivity index (χ1) is 7.34. The molecule has 1 aromatic heterocycles. The molecule has 16 heavy (non-hydrogen) atoms. The largest absolute Gasteiger partial charge is 0.506 e. The third-order valence-corrected chi connectivity index (χ3v) is 2.53. The number of benzene rings is 2. The van der Waals surface area contributed by atoms with Crippen molar-refractivity contribution in [2.45, 2.75) is 0 Å². The second-order valence-electron chi connectivity index (χ2n) is 3.53. The van der Waals surface area contributed by atoms with Gasteiger partial charge < -0.3 is 5.11 Å². The molecule has 0 fully saturated rings. The minimum absolute atomic E-state index is 0. The fraction of sp³-hybridized carbons (Fsp3) is 0. The fourth-order valence-corrected chi connectivity index (χ4v) is 1.79. The van der Waals surface area contributed by atoms with Crippen LogP contribution < -0.4 is 0 Å². The maximum Gasteiger partial charge on any atom is 0.141 e. The van der Waals surface area contributed by atoms with E-state index in [1.165, 1.54) is 0 Å². The van der Waals surface area contributed by atoms with Gasteiger partial charge in [-0.3, -0.25) is 0 Å². The number of nitrogens with zero attached hydrogens (tertiary/aromatic N) is 1. The van der Waals surface area contributed by atoms with Gasteiger partial charge in [-0.1, -0.05) is 30.3 Å². The molecule has 0 aliphatic heterocycles. The number of rotatable bonds is 0. The maximum atomic E-state index is 9.67. The van der Waals surface area contributed by atoms with E-state index in [2.05, 4.69) is 4.98 Å². The Morgan fingerprint density at radius 2 is 1.62 bits per heavy atom. The third kappa shape index (κ3) is 1.68. The summed E-state index contributed by atoms with van der Waals surface area (Å²) >= 11 is 0. The van der Waals surface area contributed by atoms with Crippen molar-refractivity contribution in [3.05, 3.63) is 48.5 Å². The van der Waals surface area contributed by atoms with E-state index >= 15 is 0 Å². The van der Waals surface area contributed by atoms with E-state index in [0.29, 0.717) is 5.52 Å². The monoisotopic (exact) mass is 259 g/mol. The summed E-state index contributed by atoms with van der Waals surface area (Å²) < 4.78 is 0. The Hall–Kier alpha value is -1.47. The van der Waals surface area contributed by atoms with E-state index in [9.17, 15) is 5.11 Å². The zero-order valence-corrected chi connectivity index (χ0v) is 11.7. The first-order valence-electron chi connectivity index (χ1n) is 4.82. The molecule has 0 atom stereocenters. The topological polar surface area (TPSA) is 33.1 Å². The standard InChI is InChI=1S/C13H9NO.Zn/c15-12-7-3-5-10-8-9-4-1-2-6-11(9)14-13(10)12;/h1-8,15H;. The minimum atomic E-state index is 0. The minimum Gasteiger partial charge on any atom is -0.506 e. The molecule has 3 heteroatoms. The molecular weight excluding hydrogens is 252 g/mol. The molecule has 0 aliphatic carbocycles. The molecular formula is C13H9NOZn. The van der Waals surface area contributed by atoms with Crippen LogP contribution >= 0.6 is 0 Å². The van der Waals surface area contributed by atoms with Crippen LogP contribution in [0.3, 0.4) is 0 Å². The summed E-state index contributed by atoms with van der Waals surface area (Å²) in [6.07, 6.45) is 0. The summed E-state index contributed by atoms with van der Waals surface area (Å²) in [6.45, 7) is 0. The van der Waals surface area contributed by atoms with Crippen molar-refractivity contribution in [1.82, 2.24) is 4.98 Å². The molecule has 3 aromatic rings. The fourth-order valence-electron chi connectivity index (χ4n) is 1.79. The summed E-state index contributed by atoms with van der Waals surface area (Å²) in [4.78, 5) is 4.43. The smallest absolute Gasteiger partial charge is 0.141 e. The van der Waals surface area contributed by atoms with E-state index in [1.54, 1.807) is 6.07 Å². The van der Waals surface area contributed by atoms with E-state index in [-0.39, 0.29) is 25.2 Å². The number of para-hydroxylation sites is 2. The van der Waals surface area contributed by atoms with Crippen molar-refractivity contribution in [1.29, 1.82) is 0 Å². The number of hydrogen-bond donors (Lipinski definition) is 1. The first kappa shape index (κ1) is 11.0. The van der Waals surface area contributed by atoms with Crippen LogP contribution in [0.4, 0.5) is 0 Å². The molecule has 0 bridgehead atoms. The van der Waals surface area contributed by atoms with Gasteiger partial charge in [0.25, 0.3) is 0 Å². The summed E-state index contributed by atoms with van der Waals surface area (Å²) in [5.74, 6) is 0.234. The number of fused-ring (bicyclic) bond motifs is 2. The molecule has 0 radical (unpaired) electrons. The SMILES string of the molecule is Oc1cccc2cc3ccccc3nc12.[Zn]. The van der Waals surface area contributed by atoms with Crippen molar-refractivity contribution in [2.75, 3.05) is 0 Å². The number of hydrogen-bond acceptors (Lipinski definition) is 2. The number of phenolic OH excluding ortho intramolecular Hbond substituents is 1. The van der Waals surface area contributed by atoms with Crippen molar-refractivity contribution in [3.8, 4) is 5.75 Å². The number of aromatic nitrogens is 1. The summed E-state index contributed by atoms with van der Waals surface area (Å²) in [7, 11) is 0. The molecule has 2 nitrogen and oxygen atoms in total. The van der Waals surface area contributed by atoms with Gasteiger partial charge in [0, 0.05) is 30.3 Å². The molecule has 0 unspecified atom stereocenters. The molecule has 1 heterocycles. The Bertz CT molecular complexity index is 652. The van der Waals surface area contributed by atoms with E-state index in [1.807, 2.05) is 42.5 Å². The van der Waals surface area contributed by atoms with E-state index in [4.69, 9.17) is 0 Å². The Morgan fingerprint density at radius 3 is 2.50 bits per heavy atom. The van der Waals surface area contributed by atoms with Crippen LogP contribution in [0.5, 0.6) is 5.75 Å². The molecule has 74 valence electrons. The first-order valence-corrected chi connectivity index (χ1v) is 4.82. The van der Waals surface area contributed by atoms with Gasteiger partial charge in [0.15, 0.2) is 0 Å². The van der Waals surface area contributed by atoms with Gasteiger partial charge in [-0.2, -0.15) is 0 Å². The van der Waals surface area contributed by atoms with Gasteiger partial charge >= 0.3 is 0 Å². The molecule has 0 saturated heterocycles. The predicted molar refractivity (Wildman–Crippen MR) is 60.9 cm³/mol. The van der Waals surface area contributed by atoms with Crippen molar-refractivity contribution in [2.24, 2.45) is 0 Å². The van der Waals surface area contributed by atoms with Gasteiger partial charge in [-0.15, -0.1) is 0 Å². The average Bonchev–Trinajstić information content (AvgIpc) is 2.27. The van der Waals surface area contributed by atoms with Gasteiger partial charge in [-0.25, -0.2) is 4.98 Å². The van der Waals surface area contributed by atoms with E-state index in [0.717, 1.165) is 16.3 Å². The Kier molecular flexibility index (Phi) is 2.89. The average molecular weight is 261 g/mol. The van der Waals surface area contributed by atoms with Crippen molar-refractivity contribution in [3.63, 3.8) is 0 Å². The number of pyridine rings is 1. The van der Waals surface area contributed by atoms with Crippen LogP contribution in [0.2, 0.25) is 0 Å². The van der Waals surface area contributed by atoms with Gasteiger partial charge in [0.05, 0.1) is 5.52 Å². The normalized spacial score (nSPS) is 10.2. The molecule has 1 N–H and O–H groups in total. The van der Waals surface area contributed by atoms with Crippen molar-refractivity contribution >= 4 is 21.8 Å². The molecule has 3 rings (SSSR count). The molecule has 0 aliphatic rings. The van der Waals surface area contributed by atoms with Crippen LogP contribution in [0.15, 0.2) is 48.5 Å². The second kappa shape index (κ2) is 4.19. The van der Waals surface area contributed by atoms with Crippen LogP contribution in [-0.4, -0.2) is 10.1 Å². The zero-order valence-electron chi connectivity index (χ0n) is 8.72. The van der Waals surface area contributed by atoms with Crippen molar-refractivity contribution < 1.29 is 24.6 Å². The Balaban J connectivity index is 0.000000963. The molecule has 0 amide bonds. The number of phenols is 1.